The third-order valence-corrected chi connectivity index (χ3v) is 2.32. The van der Waals surface area contributed by atoms with Gasteiger partial charge in [0.1, 0.15) is 0 Å². The highest BCUT2D eigenvalue weighted by Gasteiger charge is 2.16. The van der Waals surface area contributed by atoms with Gasteiger partial charge in [-0.05, 0) is 20.3 Å². The van der Waals surface area contributed by atoms with Gasteiger partial charge in [0.05, 0.1) is 25.4 Å². The van der Waals surface area contributed by atoms with Crippen molar-refractivity contribution in [3.8, 4) is 0 Å². The second-order valence-electron chi connectivity index (χ2n) is 2.96. The molecule has 0 aliphatic carbocycles. The van der Waals surface area contributed by atoms with Crippen LogP contribution in [-0.2, 0) is 18.8 Å². The molecule has 0 bridgehead atoms. The van der Waals surface area contributed by atoms with Crippen molar-refractivity contribution in [1.29, 1.82) is 0 Å². The largest absolute Gasteiger partial charge is 0.400 e. The normalized spacial score (nSPS) is 16.6. The van der Waals surface area contributed by atoms with Gasteiger partial charge in [-0.3, -0.25) is 0 Å². The topological polar surface area (TPSA) is 93.1 Å². The van der Waals surface area contributed by atoms with Crippen LogP contribution >= 0.6 is 0 Å². The zero-order valence-corrected chi connectivity index (χ0v) is 9.03. The molecule has 0 spiro atoms. The van der Waals surface area contributed by atoms with Crippen LogP contribution in [0.3, 0.4) is 0 Å². The summed E-state index contributed by atoms with van der Waals surface area (Å²) in [6, 6.07) is 0. The quantitative estimate of drug-likeness (QED) is 0.605. The minimum Gasteiger partial charge on any atom is -0.394 e. The third-order valence-electron chi connectivity index (χ3n) is 1.30. The lowest BCUT2D eigenvalue weighted by Gasteiger charge is -2.10. The fourth-order valence-corrected chi connectivity index (χ4v) is 1.40. The van der Waals surface area contributed by atoms with Gasteiger partial charge in [-0.15, -0.1) is 0 Å². The molecule has 0 radical (unpaired) electrons. The molecule has 0 aliphatic rings. The maximum absolute atomic E-state index is 10.9. The molecule has 6 nitrogen and oxygen atoms in total. The molecule has 0 rings (SSSR count). The first-order valence-corrected chi connectivity index (χ1v) is 5.57. The van der Waals surface area contributed by atoms with E-state index in [0.717, 1.165) is 0 Å². The van der Waals surface area contributed by atoms with Gasteiger partial charge in [-0.25, -0.2) is 8.37 Å². The van der Waals surface area contributed by atoms with Crippen molar-refractivity contribution in [2.45, 2.75) is 32.5 Å². The summed E-state index contributed by atoms with van der Waals surface area (Å²) in [5.74, 6) is 0. The Kier molecular flexibility index (Phi) is 6.21. The Balaban J connectivity index is 3.84. The van der Waals surface area contributed by atoms with E-state index < -0.39 is 29.2 Å². The van der Waals surface area contributed by atoms with E-state index in [4.69, 9.17) is 10.2 Å². The minimum absolute atomic E-state index is 0.141. The molecule has 0 saturated heterocycles. The van der Waals surface area contributed by atoms with Crippen LogP contribution in [0.25, 0.3) is 0 Å². The summed E-state index contributed by atoms with van der Waals surface area (Å²) in [5, 5.41) is 17.3. The van der Waals surface area contributed by atoms with Crippen molar-refractivity contribution in [2.24, 2.45) is 0 Å². The number of hydrogen-bond donors (Lipinski definition) is 2. The monoisotopic (exact) mass is 228 g/mol. The Morgan fingerprint density at radius 2 is 1.93 bits per heavy atom. The summed E-state index contributed by atoms with van der Waals surface area (Å²) in [4.78, 5) is 0. The van der Waals surface area contributed by atoms with Crippen molar-refractivity contribution in [3.05, 3.63) is 0 Å². The van der Waals surface area contributed by atoms with Crippen LogP contribution in [-0.4, -0.2) is 44.1 Å². The Hall–Kier alpha value is -0.210. The Morgan fingerprint density at radius 3 is 2.36 bits per heavy atom. The van der Waals surface area contributed by atoms with Crippen molar-refractivity contribution >= 4 is 10.4 Å². The fourth-order valence-electron chi connectivity index (χ4n) is 0.580. The Labute approximate surface area is 83.8 Å². The Bertz CT molecular complexity index is 235. The van der Waals surface area contributed by atoms with Crippen molar-refractivity contribution in [2.75, 3.05) is 13.2 Å². The van der Waals surface area contributed by atoms with Crippen LogP contribution in [0, 0.1) is 0 Å². The van der Waals surface area contributed by atoms with Crippen LogP contribution in [0.4, 0.5) is 0 Å². The third kappa shape index (κ3) is 7.22. The standard InChI is InChI=1S/C7H16O6S/c1-6(9)3-4-12-14(10,11)13-7(2)5-8/h6-9H,3-5H2,1-2H3. The molecule has 0 amide bonds. The number of hydrogen-bond acceptors (Lipinski definition) is 6. The zero-order chi connectivity index (χ0) is 11.2. The summed E-state index contributed by atoms with van der Waals surface area (Å²) in [5.41, 5.74) is 0. The first kappa shape index (κ1) is 13.8. The summed E-state index contributed by atoms with van der Waals surface area (Å²) < 4.78 is 30.7. The highest BCUT2D eigenvalue weighted by atomic mass is 32.3. The molecule has 0 saturated carbocycles. The van der Waals surface area contributed by atoms with Gasteiger partial charge >= 0.3 is 10.4 Å². The number of aliphatic hydroxyl groups is 2. The number of rotatable bonds is 7. The predicted octanol–water partition coefficient (Wildman–Crippen LogP) is -0.584. The van der Waals surface area contributed by atoms with Crippen LogP contribution < -0.4 is 0 Å². The molecule has 0 heterocycles. The van der Waals surface area contributed by atoms with E-state index >= 15 is 0 Å². The lowest BCUT2D eigenvalue weighted by Crippen LogP contribution is -2.21. The summed E-state index contributed by atoms with van der Waals surface area (Å²) in [7, 11) is -4.06. The van der Waals surface area contributed by atoms with E-state index in [1.54, 1.807) is 0 Å². The zero-order valence-electron chi connectivity index (χ0n) is 8.21. The molecule has 86 valence electrons. The first-order valence-electron chi connectivity index (χ1n) is 4.24. The summed E-state index contributed by atoms with van der Waals surface area (Å²) in [6.45, 7) is 2.37. The van der Waals surface area contributed by atoms with Gasteiger partial charge in [0, 0.05) is 0 Å². The van der Waals surface area contributed by atoms with E-state index in [0.29, 0.717) is 0 Å². The van der Waals surface area contributed by atoms with Gasteiger partial charge in [0.25, 0.3) is 0 Å². The van der Waals surface area contributed by atoms with E-state index in [1.807, 2.05) is 0 Å². The summed E-state index contributed by atoms with van der Waals surface area (Å²) >= 11 is 0. The maximum Gasteiger partial charge on any atom is 0.400 e. The van der Waals surface area contributed by atoms with Gasteiger partial charge < -0.3 is 10.2 Å². The molecule has 0 aliphatic heterocycles. The second-order valence-corrected chi connectivity index (χ2v) is 4.20. The minimum atomic E-state index is -4.06. The van der Waals surface area contributed by atoms with Crippen molar-refractivity contribution < 1.29 is 27.0 Å². The molecule has 0 fully saturated rings. The second kappa shape index (κ2) is 6.31. The van der Waals surface area contributed by atoms with Crippen LogP contribution in [0.1, 0.15) is 20.3 Å². The molecule has 7 heteroatoms. The van der Waals surface area contributed by atoms with Crippen molar-refractivity contribution in [1.82, 2.24) is 0 Å². The molecule has 2 atom stereocenters. The average Bonchev–Trinajstić information content (AvgIpc) is 2.02. The molecule has 2 N–H and O–H groups in total. The Morgan fingerprint density at radius 1 is 1.36 bits per heavy atom. The lowest BCUT2D eigenvalue weighted by molar-refractivity contribution is 0.101. The number of aliphatic hydroxyl groups excluding tert-OH is 2. The molecular weight excluding hydrogens is 212 g/mol. The molecule has 0 aromatic heterocycles. The van der Waals surface area contributed by atoms with Crippen molar-refractivity contribution in [3.63, 3.8) is 0 Å². The highest BCUT2D eigenvalue weighted by molar-refractivity contribution is 7.81. The molecular formula is C7H16O6S. The van der Waals surface area contributed by atoms with Gasteiger partial charge in [0.15, 0.2) is 0 Å². The fraction of sp³-hybridized carbons (Fsp3) is 1.00. The lowest BCUT2D eigenvalue weighted by atomic mass is 10.3. The van der Waals surface area contributed by atoms with E-state index in [-0.39, 0.29) is 13.0 Å². The van der Waals surface area contributed by atoms with Crippen LogP contribution in [0.2, 0.25) is 0 Å². The smallest absolute Gasteiger partial charge is 0.394 e. The van der Waals surface area contributed by atoms with Gasteiger partial charge in [-0.1, -0.05) is 0 Å². The van der Waals surface area contributed by atoms with Gasteiger partial charge in [0.2, 0.25) is 0 Å². The molecule has 2 unspecified atom stereocenters. The SMILES string of the molecule is CC(O)CCOS(=O)(=O)OC(C)CO. The first-order chi connectivity index (χ1) is 6.37. The van der Waals surface area contributed by atoms with E-state index in [2.05, 4.69) is 8.37 Å². The van der Waals surface area contributed by atoms with Crippen LogP contribution in [0.15, 0.2) is 0 Å². The van der Waals surface area contributed by atoms with E-state index in [9.17, 15) is 8.42 Å². The summed E-state index contributed by atoms with van der Waals surface area (Å²) in [6.07, 6.45) is -1.25. The highest BCUT2D eigenvalue weighted by Crippen LogP contribution is 2.03. The van der Waals surface area contributed by atoms with Gasteiger partial charge in [-0.2, -0.15) is 8.42 Å². The maximum atomic E-state index is 10.9. The van der Waals surface area contributed by atoms with Crippen LogP contribution in [0.5, 0.6) is 0 Å². The molecule has 0 aromatic carbocycles. The molecule has 0 aromatic rings. The molecule has 14 heavy (non-hydrogen) atoms. The van der Waals surface area contributed by atoms with E-state index in [1.165, 1.54) is 13.8 Å². The average molecular weight is 228 g/mol. The predicted molar refractivity (Wildman–Crippen MR) is 48.8 cm³/mol.